The molecule has 1 aliphatic carbocycles. The highest BCUT2D eigenvalue weighted by atomic mass is 32.2. The summed E-state index contributed by atoms with van der Waals surface area (Å²) in [5.74, 6) is 0.166. The molecule has 5 heteroatoms. The first-order valence-electron chi connectivity index (χ1n) is 8.25. The number of sulfonamides is 1. The third-order valence-corrected chi connectivity index (χ3v) is 6.36. The maximum Gasteiger partial charge on any atom is 0.241 e. The number of rotatable bonds is 6. The van der Waals surface area contributed by atoms with E-state index in [0.717, 1.165) is 11.1 Å². The lowest BCUT2D eigenvalue weighted by Crippen LogP contribution is -2.48. The number of nitrogens with one attached hydrogen (secondary N) is 1. The van der Waals surface area contributed by atoms with E-state index in [2.05, 4.69) is 4.72 Å². The molecule has 0 spiro atoms. The minimum atomic E-state index is -3.58. The van der Waals surface area contributed by atoms with Crippen molar-refractivity contribution in [3.05, 3.63) is 65.7 Å². The molecule has 0 aliphatic heterocycles. The predicted molar refractivity (Wildman–Crippen MR) is 94.2 cm³/mol. The van der Waals surface area contributed by atoms with E-state index in [1.54, 1.807) is 25.1 Å². The van der Waals surface area contributed by atoms with Gasteiger partial charge in [0.1, 0.15) is 0 Å². The van der Waals surface area contributed by atoms with Crippen LogP contribution in [0.2, 0.25) is 0 Å². The number of aliphatic hydroxyl groups is 1. The molecule has 24 heavy (non-hydrogen) atoms. The van der Waals surface area contributed by atoms with Crippen molar-refractivity contribution in [3.63, 3.8) is 0 Å². The minimum absolute atomic E-state index is 0.166. The van der Waals surface area contributed by atoms with Crippen molar-refractivity contribution in [1.82, 2.24) is 4.72 Å². The molecule has 2 aromatic carbocycles. The third-order valence-electron chi connectivity index (χ3n) is 4.71. The van der Waals surface area contributed by atoms with Crippen LogP contribution in [0.1, 0.15) is 24.0 Å². The lowest BCUT2D eigenvalue weighted by atomic mass is 9.76. The normalized spacial score (nSPS) is 21.9. The van der Waals surface area contributed by atoms with Gasteiger partial charge in [-0.05, 0) is 49.3 Å². The highest BCUT2D eigenvalue weighted by molar-refractivity contribution is 7.89. The molecule has 1 atom stereocenters. The van der Waals surface area contributed by atoms with Crippen molar-refractivity contribution in [1.29, 1.82) is 0 Å². The van der Waals surface area contributed by atoms with Crippen LogP contribution in [0.15, 0.2) is 59.5 Å². The predicted octanol–water partition coefficient (Wildman–Crippen LogP) is 2.66. The van der Waals surface area contributed by atoms with Gasteiger partial charge in [0.05, 0.1) is 11.0 Å². The molecule has 1 unspecified atom stereocenters. The van der Waals surface area contributed by atoms with Gasteiger partial charge in [-0.2, -0.15) is 0 Å². The zero-order valence-electron chi connectivity index (χ0n) is 13.7. The summed E-state index contributed by atoms with van der Waals surface area (Å²) in [5, 5.41) is 9.62. The van der Waals surface area contributed by atoms with Crippen molar-refractivity contribution in [2.45, 2.75) is 43.2 Å². The van der Waals surface area contributed by atoms with E-state index in [1.165, 1.54) is 0 Å². The van der Waals surface area contributed by atoms with E-state index in [9.17, 15) is 13.5 Å². The summed E-state index contributed by atoms with van der Waals surface area (Å²) < 4.78 is 28.5. The van der Waals surface area contributed by atoms with Gasteiger partial charge in [-0.25, -0.2) is 13.1 Å². The van der Waals surface area contributed by atoms with Crippen LogP contribution in [0.25, 0.3) is 0 Å². The fourth-order valence-electron chi connectivity index (χ4n) is 3.25. The molecule has 4 nitrogen and oxygen atoms in total. The van der Waals surface area contributed by atoms with Gasteiger partial charge < -0.3 is 5.11 Å². The lowest BCUT2D eigenvalue weighted by Gasteiger charge is -2.38. The standard InChI is InChI=1S/C19H23NO3S/c1-14-7-5-6-10-19(14)24(22,23)20-18(16-12-17(21)13-16)11-15-8-3-2-4-9-15/h2-10,16-18,20-21H,11-13H2,1H3. The Balaban J connectivity index is 1.82. The van der Waals surface area contributed by atoms with Crippen LogP contribution >= 0.6 is 0 Å². The number of aryl methyl sites for hydroxylation is 1. The van der Waals surface area contributed by atoms with Gasteiger partial charge in [0, 0.05) is 6.04 Å². The maximum absolute atomic E-state index is 12.8. The first-order valence-corrected chi connectivity index (χ1v) is 9.74. The van der Waals surface area contributed by atoms with E-state index in [1.807, 2.05) is 36.4 Å². The Morgan fingerprint density at radius 1 is 1.08 bits per heavy atom. The van der Waals surface area contributed by atoms with E-state index < -0.39 is 10.0 Å². The number of benzene rings is 2. The Kier molecular flexibility index (Phi) is 5.04. The SMILES string of the molecule is Cc1ccccc1S(=O)(=O)NC(Cc1ccccc1)C1CC(O)C1. The van der Waals surface area contributed by atoms with Gasteiger partial charge in [-0.15, -0.1) is 0 Å². The molecular weight excluding hydrogens is 322 g/mol. The average Bonchev–Trinajstić information content (AvgIpc) is 2.52. The quantitative estimate of drug-likeness (QED) is 0.846. The molecule has 3 rings (SSSR count). The largest absolute Gasteiger partial charge is 0.393 e. The zero-order chi connectivity index (χ0) is 17.2. The van der Waals surface area contributed by atoms with E-state index >= 15 is 0 Å². The molecule has 0 radical (unpaired) electrons. The fourth-order valence-corrected chi connectivity index (χ4v) is 4.80. The average molecular weight is 345 g/mol. The van der Waals surface area contributed by atoms with Crippen LogP contribution in [0.4, 0.5) is 0 Å². The number of hydrogen-bond donors (Lipinski definition) is 2. The summed E-state index contributed by atoms with van der Waals surface area (Å²) in [5.41, 5.74) is 1.83. The molecule has 0 saturated heterocycles. The molecule has 2 N–H and O–H groups in total. The lowest BCUT2D eigenvalue weighted by molar-refractivity contribution is 0.0283. The van der Waals surface area contributed by atoms with Crippen LogP contribution in [-0.2, 0) is 16.4 Å². The van der Waals surface area contributed by atoms with Gasteiger partial charge in [-0.1, -0.05) is 48.5 Å². The van der Waals surface area contributed by atoms with Crippen molar-refractivity contribution < 1.29 is 13.5 Å². The first-order chi connectivity index (χ1) is 11.5. The molecule has 0 bridgehead atoms. The van der Waals surface area contributed by atoms with Crippen LogP contribution < -0.4 is 4.72 Å². The van der Waals surface area contributed by atoms with Crippen molar-refractivity contribution in [2.24, 2.45) is 5.92 Å². The summed E-state index contributed by atoms with van der Waals surface area (Å²) in [4.78, 5) is 0.322. The minimum Gasteiger partial charge on any atom is -0.393 e. The molecular formula is C19H23NO3S. The van der Waals surface area contributed by atoms with Crippen molar-refractivity contribution in [3.8, 4) is 0 Å². The summed E-state index contributed by atoms with van der Waals surface area (Å²) >= 11 is 0. The summed E-state index contributed by atoms with van der Waals surface area (Å²) in [6.07, 6.45) is 1.61. The Labute approximate surface area is 143 Å². The smallest absolute Gasteiger partial charge is 0.241 e. The summed E-state index contributed by atoms with van der Waals surface area (Å²) in [6.45, 7) is 1.80. The summed E-state index contributed by atoms with van der Waals surface area (Å²) in [6, 6.07) is 16.7. The first kappa shape index (κ1) is 17.1. The Morgan fingerprint density at radius 3 is 2.33 bits per heavy atom. The van der Waals surface area contributed by atoms with E-state index in [-0.39, 0.29) is 18.1 Å². The highest BCUT2D eigenvalue weighted by Crippen LogP contribution is 2.32. The van der Waals surface area contributed by atoms with Gasteiger partial charge in [-0.3, -0.25) is 0 Å². The van der Waals surface area contributed by atoms with Crippen molar-refractivity contribution in [2.75, 3.05) is 0 Å². The second kappa shape index (κ2) is 7.05. The van der Waals surface area contributed by atoms with Crippen molar-refractivity contribution >= 4 is 10.0 Å². The Hall–Kier alpha value is -1.69. The Bertz CT molecular complexity index is 783. The molecule has 0 heterocycles. The van der Waals surface area contributed by atoms with Gasteiger partial charge >= 0.3 is 0 Å². The van der Waals surface area contributed by atoms with Crippen LogP contribution in [0, 0.1) is 12.8 Å². The second-order valence-corrected chi connectivity index (χ2v) is 8.25. The van der Waals surface area contributed by atoms with Crippen LogP contribution in [0.5, 0.6) is 0 Å². The molecule has 1 fully saturated rings. The number of aliphatic hydroxyl groups excluding tert-OH is 1. The van der Waals surface area contributed by atoms with E-state index in [0.29, 0.717) is 24.2 Å². The number of hydrogen-bond acceptors (Lipinski definition) is 3. The zero-order valence-corrected chi connectivity index (χ0v) is 14.5. The summed E-state index contributed by atoms with van der Waals surface area (Å²) in [7, 11) is -3.58. The van der Waals surface area contributed by atoms with Gasteiger partial charge in [0.15, 0.2) is 0 Å². The second-order valence-electron chi connectivity index (χ2n) is 6.57. The van der Waals surface area contributed by atoms with Gasteiger partial charge in [0.2, 0.25) is 10.0 Å². The molecule has 2 aromatic rings. The molecule has 1 saturated carbocycles. The van der Waals surface area contributed by atoms with Crippen LogP contribution in [0.3, 0.4) is 0 Å². The molecule has 1 aliphatic rings. The van der Waals surface area contributed by atoms with E-state index in [4.69, 9.17) is 0 Å². The topological polar surface area (TPSA) is 66.4 Å². The van der Waals surface area contributed by atoms with Gasteiger partial charge in [0.25, 0.3) is 0 Å². The molecule has 128 valence electrons. The maximum atomic E-state index is 12.8. The third kappa shape index (κ3) is 3.86. The monoisotopic (exact) mass is 345 g/mol. The molecule has 0 aromatic heterocycles. The fraction of sp³-hybridized carbons (Fsp3) is 0.368. The highest BCUT2D eigenvalue weighted by Gasteiger charge is 2.36. The molecule has 0 amide bonds. The Morgan fingerprint density at radius 2 is 1.71 bits per heavy atom. The van der Waals surface area contributed by atoms with Crippen LogP contribution in [-0.4, -0.2) is 25.7 Å².